The minimum Gasteiger partial charge on any atom is -0.368 e. The van der Waals surface area contributed by atoms with Gasteiger partial charge in [0.2, 0.25) is 11.6 Å². The van der Waals surface area contributed by atoms with Crippen LogP contribution >= 0.6 is 0 Å². The highest BCUT2D eigenvalue weighted by Gasteiger charge is 2.29. The average Bonchev–Trinajstić information content (AvgIpc) is 2.85. The summed E-state index contributed by atoms with van der Waals surface area (Å²) in [6, 6.07) is 19.6. The standard InChI is InChI=1S/C23H21N7O2/c31-30(32)21-22(27-19-10-4-6-17-7-5-11-24-20(17)19)25-16-26-23(21)29-14-12-28(13-15-29)18-8-2-1-3-9-18/h1-11,16H,12-15H2,(H,25,26,27). The van der Waals surface area contributed by atoms with Crippen LogP contribution in [-0.2, 0) is 0 Å². The number of para-hydroxylation sites is 2. The van der Waals surface area contributed by atoms with E-state index in [0.29, 0.717) is 24.6 Å². The summed E-state index contributed by atoms with van der Waals surface area (Å²) >= 11 is 0. The molecule has 2 aromatic carbocycles. The predicted octanol–water partition coefficient (Wildman–Crippen LogP) is 4.00. The second kappa shape index (κ2) is 8.46. The molecule has 0 radical (unpaired) electrons. The molecule has 1 aliphatic heterocycles. The van der Waals surface area contributed by atoms with Crippen molar-refractivity contribution < 1.29 is 4.92 Å². The lowest BCUT2D eigenvalue weighted by Gasteiger charge is -2.36. The molecule has 2 aromatic heterocycles. The molecule has 1 saturated heterocycles. The van der Waals surface area contributed by atoms with Crippen LogP contribution in [0.5, 0.6) is 0 Å². The van der Waals surface area contributed by atoms with Gasteiger partial charge in [0.1, 0.15) is 6.33 Å². The number of nitrogens with zero attached hydrogens (tertiary/aromatic N) is 6. The van der Waals surface area contributed by atoms with Gasteiger partial charge in [-0.05, 0) is 24.3 Å². The molecule has 5 rings (SSSR count). The molecule has 160 valence electrons. The summed E-state index contributed by atoms with van der Waals surface area (Å²) in [5, 5.41) is 16.1. The molecule has 0 amide bonds. The minimum atomic E-state index is -0.417. The molecule has 9 heteroatoms. The Morgan fingerprint density at radius 3 is 2.38 bits per heavy atom. The SMILES string of the molecule is O=[N+]([O-])c1c(Nc2cccc3cccnc23)ncnc1N1CCN(c2ccccc2)CC1. The third-order valence-electron chi connectivity index (χ3n) is 5.57. The van der Waals surface area contributed by atoms with E-state index in [4.69, 9.17) is 0 Å². The van der Waals surface area contributed by atoms with Gasteiger partial charge in [-0.1, -0.05) is 36.4 Å². The predicted molar refractivity (Wildman–Crippen MR) is 125 cm³/mol. The highest BCUT2D eigenvalue weighted by molar-refractivity contribution is 5.92. The van der Waals surface area contributed by atoms with Gasteiger partial charge in [0, 0.05) is 43.4 Å². The van der Waals surface area contributed by atoms with E-state index in [0.717, 1.165) is 29.7 Å². The third kappa shape index (κ3) is 3.76. The summed E-state index contributed by atoms with van der Waals surface area (Å²) in [7, 11) is 0. The fraction of sp³-hybridized carbons (Fsp3) is 0.174. The van der Waals surface area contributed by atoms with Gasteiger partial charge in [-0.3, -0.25) is 15.1 Å². The first-order valence-corrected chi connectivity index (χ1v) is 10.4. The van der Waals surface area contributed by atoms with Crippen molar-refractivity contribution in [3.63, 3.8) is 0 Å². The molecule has 32 heavy (non-hydrogen) atoms. The molecule has 1 aliphatic rings. The fourth-order valence-electron chi connectivity index (χ4n) is 4.01. The van der Waals surface area contributed by atoms with Crippen LogP contribution in [0.1, 0.15) is 0 Å². The van der Waals surface area contributed by atoms with Crippen molar-refractivity contribution in [3.05, 3.63) is 83.3 Å². The fourth-order valence-corrected chi connectivity index (χ4v) is 4.01. The van der Waals surface area contributed by atoms with E-state index in [9.17, 15) is 10.1 Å². The Bertz CT molecular complexity index is 1250. The Kier molecular flexibility index (Phi) is 5.20. The highest BCUT2D eigenvalue weighted by Crippen LogP contribution is 2.35. The maximum absolute atomic E-state index is 12.1. The molecule has 0 unspecified atom stereocenters. The van der Waals surface area contributed by atoms with Gasteiger partial charge in [-0.25, -0.2) is 9.97 Å². The quantitative estimate of drug-likeness (QED) is 0.377. The van der Waals surface area contributed by atoms with Crippen molar-refractivity contribution in [2.45, 2.75) is 0 Å². The number of hydrogen-bond acceptors (Lipinski definition) is 8. The number of piperazine rings is 1. The minimum absolute atomic E-state index is 0.131. The van der Waals surface area contributed by atoms with Crippen molar-refractivity contribution in [2.75, 3.05) is 41.3 Å². The van der Waals surface area contributed by atoms with E-state index in [2.05, 4.69) is 37.3 Å². The lowest BCUT2D eigenvalue weighted by molar-refractivity contribution is -0.383. The van der Waals surface area contributed by atoms with Gasteiger partial charge >= 0.3 is 5.69 Å². The maximum Gasteiger partial charge on any atom is 0.353 e. The van der Waals surface area contributed by atoms with E-state index in [1.165, 1.54) is 6.33 Å². The normalized spacial score (nSPS) is 13.9. The molecule has 0 aliphatic carbocycles. The Morgan fingerprint density at radius 2 is 1.59 bits per heavy atom. The number of pyridine rings is 1. The first-order valence-electron chi connectivity index (χ1n) is 10.4. The maximum atomic E-state index is 12.1. The van der Waals surface area contributed by atoms with Gasteiger partial charge in [0.25, 0.3) is 0 Å². The van der Waals surface area contributed by atoms with Crippen molar-refractivity contribution in [1.82, 2.24) is 15.0 Å². The third-order valence-corrected chi connectivity index (χ3v) is 5.57. The lowest BCUT2D eigenvalue weighted by atomic mass is 10.2. The van der Waals surface area contributed by atoms with E-state index in [-0.39, 0.29) is 11.5 Å². The second-order valence-corrected chi connectivity index (χ2v) is 7.47. The van der Waals surface area contributed by atoms with Crippen LogP contribution in [-0.4, -0.2) is 46.1 Å². The molecule has 0 atom stereocenters. The first-order chi connectivity index (χ1) is 15.7. The summed E-state index contributed by atoms with van der Waals surface area (Å²) in [6.07, 6.45) is 3.06. The second-order valence-electron chi connectivity index (χ2n) is 7.47. The number of nitrogens with one attached hydrogen (secondary N) is 1. The van der Waals surface area contributed by atoms with Crippen molar-refractivity contribution in [1.29, 1.82) is 0 Å². The zero-order valence-corrected chi connectivity index (χ0v) is 17.3. The van der Waals surface area contributed by atoms with Crippen LogP contribution in [0.25, 0.3) is 10.9 Å². The molecular formula is C23H21N7O2. The van der Waals surface area contributed by atoms with Gasteiger partial charge in [0.15, 0.2) is 0 Å². The van der Waals surface area contributed by atoms with Crippen LogP contribution in [0, 0.1) is 10.1 Å². The number of anilines is 4. The Balaban J connectivity index is 1.43. The summed E-state index contributed by atoms with van der Waals surface area (Å²) in [5.41, 5.74) is 2.40. The number of hydrogen-bond donors (Lipinski definition) is 1. The molecule has 0 saturated carbocycles. The zero-order valence-electron chi connectivity index (χ0n) is 17.3. The van der Waals surface area contributed by atoms with Gasteiger partial charge in [-0.15, -0.1) is 0 Å². The van der Waals surface area contributed by atoms with Crippen LogP contribution in [0.4, 0.5) is 28.7 Å². The van der Waals surface area contributed by atoms with Gasteiger partial charge in [0.05, 0.1) is 16.1 Å². The molecule has 0 bridgehead atoms. The first kappa shape index (κ1) is 19.7. The number of nitro groups is 1. The Hall–Kier alpha value is -4.27. The van der Waals surface area contributed by atoms with Gasteiger partial charge in [-0.2, -0.15) is 0 Å². The topological polar surface area (TPSA) is 100 Å². The van der Waals surface area contributed by atoms with E-state index in [1.807, 2.05) is 53.4 Å². The lowest BCUT2D eigenvalue weighted by Crippen LogP contribution is -2.47. The van der Waals surface area contributed by atoms with Crippen molar-refractivity contribution >= 4 is 39.6 Å². The van der Waals surface area contributed by atoms with E-state index in [1.54, 1.807) is 6.20 Å². The number of rotatable bonds is 5. The summed E-state index contributed by atoms with van der Waals surface area (Å²) in [6.45, 7) is 2.76. The zero-order chi connectivity index (χ0) is 21.9. The summed E-state index contributed by atoms with van der Waals surface area (Å²) in [5.74, 6) is 0.483. The molecular weight excluding hydrogens is 406 g/mol. The molecule has 0 spiro atoms. The molecule has 1 fully saturated rings. The van der Waals surface area contributed by atoms with Crippen LogP contribution in [0.3, 0.4) is 0 Å². The number of aromatic nitrogens is 3. The van der Waals surface area contributed by atoms with Crippen LogP contribution in [0.15, 0.2) is 73.2 Å². The Morgan fingerprint density at radius 1 is 0.844 bits per heavy atom. The Labute approximate surface area is 184 Å². The average molecular weight is 427 g/mol. The molecule has 4 aromatic rings. The van der Waals surface area contributed by atoms with Crippen molar-refractivity contribution in [3.8, 4) is 0 Å². The van der Waals surface area contributed by atoms with Gasteiger partial charge < -0.3 is 15.1 Å². The van der Waals surface area contributed by atoms with Crippen LogP contribution < -0.4 is 15.1 Å². The van der Waals surface area contributed by atoms with E-state index >= 15 is 0 Å². The van der Waals surface area contributed by atoms with Crippen molar-refractivity contribution in [2.24, 2.45) is 0 Å². The largest absolute Gasteiger partial charge is 0.368 e. The monoisotopic (exact) mass is 427 g/mol. The van der Waals surface area contributed by atoms with Crippen LogP contribution in [0.2, 0.25) is 0 Å². The summed E-state index contributed by atoms with van der Waals surface area (Å²) in [4.78, 5) is 28.7. The smallest absolute Gasteiger partial charge is 0.353 e. The molecule has 3 heterocycles. The number of benzene rings is 2. The summed E-state index contributed by atoms with van der Waals surface area (Å²) < 4.78 is 0. The molecule has 9 nitrogen and oxygen atoms in total. The highest BCUT2D eigenvalue weighted by atomic mass is 16.6. The van der Waals surface area contributed by atoms with E-state index < -0.39 is 4.92 Å². The number of fused-ring (bicyclic) bond motifs is 1. The molecule has 1 N–H and O–H groups in total.